The molecule has 1 aromatic carbocycles. The van der Waals surface area contributed by atoms with Gasteiger partial charge in [-0.1, -0.05) is 6.07 Å². The summed E-state index contributed by atoms with van der Waals surface area (Å²) >= 11 is 0. The molecule has 1 fully saturated rings. The molecular weight excluding hydrogens is 365 g/mol. The minimum absolute atomic E-state index is 0.0934. The molecule has 2 N–H and O–H groups in total. The second kappa shape index (κ2) is 4.59. The van der Waals surface area contributed by atoms with E-state index in [-0.39, 0.29) is 28.5 Å². The maximum Gasteiger partial charge on any atom is 0.468 e. The zero-order valence-electron chi connectivity index (χ0n) is 14.4. The maximum atomic E-state index is 13.0. The topological polar surface area (TPSA) is 80.7 Å². The van der Waals surface area contributed by atoms with Crippen molar-refractivity contribution < 1.29 is 32.5 Å². The number of hydrogen-bond acceptors (Lipinski definition) is 5. The predicted molar refractivity (Wildman–Crippen MR) is 86.7 cm³/mol. The monoisotopic (exact) mass is 380 g/mol. The van der Waals surface area contributed by atoms with Gasteiger partial charge in [-0.25, -0.2) is 9.55 Å². The van der Waals surface area contributed by atoms with Gasteiger partial charge in [-0.3, -0.25) is 0 Å². The molecule has 2 bridgehead atoms. The van der Waals surface area contributed by atoms with Gasteiger partial charge in [0.25, 0.3) is 0 Å². The van der Waals surface area contributed by atoms with Crippen LogP contribution in [0.1, 0.15) is 43.7 Å². The van der Waals surface area contributed by atoms with Crippen molar-refractivity contribution in [1.29, 1.82) is 0 Å². The number of halogens is 3. The number of hydrogen-bond donors (Lipinski definition) is 2. The summed E-state index contributed by atoms with van der Waals surface area (Å²) in [7, 11) is 0. The van der Waals surface area contributed by atoms with E-state index >= 15 is 0 Å². The Bertz CT molecular complexity index is 1080. The van der Waals surface area contributed by atoms with E-state index in [1.54, 1.807) is 0 Å². The van der Waals surface area contributed by atoms with Gasteiger partial charge in [0.15, 0.2) is 5.58 Å². The number of fused-ring (bicyclic) bond motifs is 6. The largest absolute Gasteiger partial charge is 0.494 e. The minimum Gasteiger partial charge on any atom is -0.494 e. The van der Waals surface area contributed by atoms with Crippen molar-refractivity contribution in [3.05, 3.63) is 35.2 Å². The molecule has 2 atom stereocenters. The molecule has 0 unspecified atom stereocenters. The number of ether oxygens (including phenoxy) is 1. The van der Waals surface area contributed by atoms with Crippen LogP contribution < -0.4 is 0 Å². The molecule has 0 amide bonds. The molecular formula is C18H15F3N2O4. The van der Waals surface area contributed by atoms with Crippen LogP contribution in [0.2, 0.25) is 0 Å². The molecule has 142 valence electrons. The van der Waals surface area contributed by atoms with E-state index in [1.807, 2.05) is 13.8 Å². The quantitative estimate of drug-likeness (QED) is 0.658. The van der Waals surface area contributed by atoms with Crippen molar-refractivity contribution in [1.82, 2.24) is 9.55 Å². The van der Waals surface area contributed by atoms with Crippen molar-refractivity contribution in [2.24, 2.45) is 0 Å². The summed E-state index contributed by atoms with van der Waals surface area (Å²) in [6.45, 7) is 3.65. The number of oxazole rings is 1. The van der Waals surface area contributed by atoms with Crippen molar-refractivity contribution >= 4 is 11.1 Å². The summed E-state index contributed by atoms with van der Waals surface area (Å²) in [6.07, 6.45) is -3.41. The predicted octanol–water partition coefficient (Wildman–Crippen LogP) is 4.30. The Morgan fingerprint density at radius 3 is 2.22 bits per heavy atom. The molecule has 0 spiro atoms. The van der Waals surface area contributed by atoms with Gasteiger partial charge >= 0.3 is 12.1 Å². The molecule has 0 saturated carbocycles. The summed E-state index contributed by atoms with van der Waals surface area (Å²) in [5.74, 6) is -1.92. The number of para-hydroxylation sites is 1. The Balaban J connectivity index is 1.80. The SMILES string of the molecule is C[C@]12CC[C@](C)(O1)c1c2c(O)n(-c2cccc3oc(C(F)(F)F)nc23)c1O. The van der Waals surface area contributed by atoms with Gasteiger partial charge in [0.2, 0.25) is 11.8 Å². The molecule has 1 saturated heterocycles. The molecule has 2 aromatic heterocycles. The van der Waals surface area contributed by atoms with E-state index in [4.69, 9.17) is 9.15 Å². The highest BCUT2D eigenvalue weighted by Gasteiger charge is 2.59. The Hall–Kier alpha value is -2.68. The van der Waals surface area contributed by atoms with Crippen LogP contribution in [0.4, 0.5) is 13.2 Å². The first-order chi connectivity index (χ1) is 12.6. The van der Waals surface area contributed by atoms with Crippen LogP contribution in [-0.4, -0.2) is 19.8 Å². The number of aromatic nitrogens is 2. The summed E-state index contributed by atoms with van der Waals surface area (Å²) < 4.78 is 50.9. The van der Waals surface area contributed by atoms with E-state index in [0.29, 0.717) is 24.0 Å². The average molecular weight is 380 g/mol. The van der Waals surface area contributed by atoms with Crippen molar-refractivity contribution in [2.75, 3.05) is 0 Å². The van der Waals surface area contributed by atoms with Gasteiger partial charge in [0, 0.05) is 0 Å². The summed E-state index contributed by atoms with van der Waals surface area (Å²) in [5.41, 5.74) is -0.688. The lowest BCUT2D eigenvalue weighted by Gasteiger charge is -2.21. The van der Waals surface area contributed by atoms with E-state index in [2.05, 4.69) is 4.98 Å². The van der Waals surface area contributed by atoms with Crippen molar-refractivity contribution in [3.63, 3.8) is 0 Å². The lowest BCUT2D eigenvalue weighted by Crippen LogP contribution is -2.17. The number of aromatic hydroxyl groups is 2. The third-order valence-electron chi connectivity index (χ3n) is 5.59. The first-order valence-corrected chi connectivity index (χ1v) is 8.40. The summed E-state index contributed by atoms with van der Waals surface area (Å²) in [4.78, 5) is 3.55. The Labute approximate surface area is 150 Å². The van der Waals surface area contributed by atoms with Gasteiger partial charge in [0.1, 0.15) is 5.52 Å². The number of alkyl halides is 3. The smallest absolute Gasteiger partial charge is 0.468 e. The molecule has 2 aliphatic heterocycles. The normalized spacial score (nSPS) is 26.9. The lowest BCUT2D eigenvalue weighted by atomic mass is 9.80. The molecule has 27 heavy (non-hydrogen) atoms. The van der Waals surface area contributed by atoms with Crippen LogP contribution in [0.25, 0.3) is 16.8 Å². The zero-order valence-corrected chi connectivity index (χ0v) is 14.4. The maximum absolute atomic E-state index is 13.0. The van der Waals surface area contributed by atoms with Gasteiger partial charge in [-0.05, 0) is 38.8 Å². The van der Waals surface area contributed by atoms with Crippen LogP contribution >= 0.6 is 0 Å². The number of rotatable bonds is 1. The Morgan fingerprint density at radius 2 is 1.67 bits per heavy atom. The zero-order chi connectivity index (χ0) is 19.4. The average Bonchev–Trinajstić information content (AvgIpc) is 3.25. The molecule has 5 rings (SSSR count). The van der Waals surface area contributed by atoms with E-state index in [1.165, 1.54) is 18.2 Å². The third-order valence-corrected chi connectivity index (χ3v) is 5.59. The summed E-state index contributed by atoms with van der Waals surface area (Å²) in [6, 6.07) is 4.29. The van der Waals surface area contributed by atoms with Gasteiger partial charge in [-0.2, -0.15) is 13.2 Å². The molecule has 0 aliphatic carbocycles. The first-order valence-electron chi connectivity index (χ1n) is 8.40. The van der Waals surface area contributed by atoms with Crippen LogP contribution in [0.5, 0.6) is 11.8 Å². The highest BCUT2D eigenvalue weighted by Crippen LogP contribution is 2.64. The second-order valence-electron chi connectivity index (χ2n) is 7.44. The number of nitrogens with zero attached hydrogens (tertiary/aromatic N) is 2. The highest BCUT2D eigenvalue weighted by molar-refractivity contribution is 5.83. The summed E-state index contributed by atoms with van der Waals surface area (Å²) in [5, 5.41) is 21.7. The Kier molecular flexibility index (Phi) is 2.80. The molecule has 6 nitrogen and oxygen atoms in total. The standard InChI is InChI=1S/C18H15F3N2O4/c1-16-6-7-17(2,27-16)11-10(16)13(24)23(14(11)25)8-4-3-5-9-12(8)22-15(26-9)18(19,20)21/h3-5,24-25H,6-7H2,1-2H3/t16-,17+. The van der Waals surface area contributed by atoms with Crippen LogP contribution in [0, 0.1) is 0 Å². The van der Waals surface area contributed by atoms with Crippen molar-refractivity contribution in [2.45, 2.75) is 44.1 Å². The van der Waals surface area contributed by atoms with Crippen molar-refractivity contribution in [3.8, 4) is 17.4 Å². The van der Waals surface area contributed by atoms with Gasteiger partial charge in [0.05, 0.1) is 28.0 Å². The third kappa shape index (κ3) is 1.92. The Morgan fingerprint density at radius 1 is 1.07 bits per heavy atom. The lowest BCUT2D eigenvalue weighted by molar-refractivity contribution is -0.156. The van der Waals surface area contributed by atoms with Crippen LogP contribution in [0.15, 0.2) is 22.6 Å². The van der Waals surface area contributed by atoms with E-state index in [9.17, 15) is 23.4 Å². The molecule has 0 radical (unpaired) electrons. The fourth-order valence-corrected chi connectivity index (χ4v) is 4.44. The second-order valence-corrected chi connectivity index (χ2v) is 7.44. The molecule has 3 aromatic rings. The van der Waals surface area contributed by atoms with E-state index in [0.717, 1.165) is 4.57 Å². The first kappa shape index (κ1) is 16.5. The number of benzene rings is 1. The highest BCUT2D eigenvalue weighted by atomic mass is 19.4. The van der Waals surface area contributed by atoms with Gasteiger partial charge in [-0.15, -0.1) is 0 Å². The minimum atomic E-state index is -4.74. The molecule has 4 heterocycles. The molecule has 2 aliphatic rings. The van der Waals surface area contributed by atoms with Crippen LogP contribution in [-0.2, 0) is 22.1 Å². The van der Waals surface area contributed by atoms with Gasteiger partial charge < -0.3 is 19.4 Å². The molecule has 9 heteroatoms. The van der Waals surface area contributed by atoms with E-state index < -0.39 is 23.3 Å². The van der Waals surface area contributed by atoms with Crippen LogP contribution in [0.3, 0.4) is 0 Å². The fraction of sp³-hybridized carbons (Fsp3) is 0.389. The fourth-order valence-electron chi connectivity index (χ4n) is 4.44.